The van der Waals surface area contributed by atoms with E-state index in [0.29, 0.717) is 12.8 Å². The lowest BCUT2D eigenvalue weighted by Gasteiger charge is -2.73. The normalized spacial score (nSPS) is 57.4. The lowest BCUT2D eigenvalue weighted by Crippen LogP contribution is -2.69. The molecule has 0 aromatic heterocycles. The fourth-order valence-corrected chi connectivity index (χ4v) is 10.1. The lowest BCUT2D eigenvalue weighted by atomic mass is 9.30. The minimum Gasteiger partial charge on any atom is -0.432 e. The van der Waals surface area contributed by atoms with Gasteiger partial charge in [-0.15, -0.1) is 0 Å². The highest BCUT2D eigenvalue weighted by atomic mass is 16.7. The monoisotopic (exact) mass is 526 g/mol. The van der Waals surface area contributed by atoms with Crippen molar-refractivity contribution in [2.75, 3.05) is 13.2 Å². The van der Waals surface area contributed by atoms with Gasteiger partial charge in [0.15, 0.2) is 0 Å². The minimum atomic E-state index is -1.63. The van der Waals surface area contributed by atoms with Gasteiger partial charge < -0.3 is 40.1 Å². The van der Waals surface area contributed by atoms with Crippen molar-refractivity contribution in [3.63, 3.8) is 0 Å². The first kappa shape index (κ1) is 27.7. The van der Waals surface area contributed by atoms with E-state index in [4.69, 9.17) is 9.47 Å². The third kappa shape index (κ3) is 3.31. The molecule has 1 heterocycles. The van der Waals surface area contributed by atoms with Gasteiger partial charge in [0.2, 0.25) is 6.29 Å². The van der Waals surface area contributed by atoms with Gasteiger partial charge in [0.25, 0.3) is 0 Å². The second kappa shape index (κ2) is 8.59. The maximum Gasteiger partial charge on any atom is 0.314 e. The molecule has 4 aliphatic carbocycles. The Bertz CT molecular complexity index is 927. The van der Waals surface area contributed by atoms with Crippen LogP contribution >= 0.6 is 0 Å². The van der Waals surface area contributed by atoms with Crippen molar-refractivity contribution in [2.24, 2.45) is 33.0 Å². The molecular weight excluding hydrogens is 480 g/mol. The van der Waals surface area contributed by atoms with Crippen LogP contribution in [0.3, 0.4) is 0 Å². The van der Waals surface area contributed by atoms with Gasteiger partial charge in [-0.05, 0) is 85.9 Å². The molecular formula is C28H46O9. The number of carbonyl (C=O) groups is 1. The van der Waals surface area contributed by atoms with E-state index in [0.717, 1.165) is 44.9 Å². The molecule has 0 unspecified atom stereocenters. The zero-order valence-corrected chi connectivity index (χ0v) is 22.7. The number of hydrogen-bond acceptors (Lipinski definition) is 9. The van der Waals surface area contributed by atoms with E-state index >= 15 is 0 Å². The van der Waals surface area contributed by atoms with Crippen molar-refractivity contribution in [3.05, 3.63) is 0 Å². The molecule has 37 heavy (non-hydrogen) atoms. The van der Waals surface area contributed by atoms with Crippen LogP contribution < -0.4 is 0 Å². The molecule has 9 nitrogen and oxygen atoms in total. The topological polar surface area (TPSA) is 157 Å². The summed E-state index contributed by atoms with van der Waals surface area (Å²) in [5.41, 5.74) is -2.87. The van der Waals surface area contributed by atoms with Gasteiger partial charge in [-0.1, -0.05) is 27.2 Å². The molecule has 0 aromatic rings. The van der Waals surface area contributed by atoms with Gasteiger partial charge >= 0.3 is 5.97 Å². The Morgan fingerprint density at radius 2 is 1.59 bits per heavy atom. The molecule has 1 spiro atoms. The van der Waals surface area contributed by atoms with Crippen molar-refractivity contribution in [2.45, 2.75) is 122 Å². The zero-order chi connectivity index (χ0) is 27.2. The quantitative estimate of drug-likeness (QED) is 0.297. The van der Waals surface area contributed by atoms with Crippen LogP contribution in [0.2, 0.25) is 0 Å². The van der Waals surface area contributed by atoms with E-state index < -0.39 is 59.7 Å². The van der Waals surface area contributed by atoms with Gasteiger partial charge in [0.05, 0.1) is 24.2 Å². The van der Waals surface area contributed by atoms with Crippen molar-refractivity contribution >= 4 is 5.97 Å². The molecule has 12 atom stereocenters. The SMILES string of the molecule is C[C@@]12CCC[C@@](C)(C(=O)O[C@@H]3O[C@H](CO)[C@@H](O)[C@H](O)[C@H]3O)[C@@]1(C)CC[C@@]13C[C@@H](CC[C@]12C)[C@@](O)(CO)C3. The maximum absolute atomic E-state index is 14.0. The summed E-state index contributed by atoms with van der Waals surface area (Å²) in [5, 5.41) is 61.8. The molecule has 212 valence electrons. The van der Waals surface area contributed by atoms with Crippen molar-refractivity contribution in [1.82, 2.24) is 0 Å². The molecule has 0 radical (unpaired) electrons. The predicted molar refractivity (Wildman–Crippen MR) is 132 cm³/mol. The van der Waals surface area contributed by atoms with Crippen molar-refractivity contribution in [3.8, 4) is 0 Å². The van der Waals surface area contributed by atoms with Gasteiger partial charge in [-0.3, -0.25) is 4.79 Å². The van der Waals surface area contributed by atoms with E-state index in [1.54, 1.807) is 0 Å². The molecule has 1 saturated heterocycles. The number of carbonyl (C=O) groups excluding carboxylic acids is 1. The summed E-state index contributed by atoms with van der Waals surface area (Å²) in [6, 6.07) is 0. The van der Waals surface area contributed by atoms with Gasteiger partial charge in [-0.25, -0.2) is 0 Å². The molecule has 9 heteroatoms. The molecule has 5 fully saturated rings. The van der Waals surface area contributed by atoms with E-state index in [-0.39, 0.29) is 28.8 Å². The summed E-state index contributed by atoms with van der Waals surface area (Å²) in [4.78, 5) is 14.0. The second-order valence-corrected chi connectivity index (χ2v) is 13.9. The third-order valence-corrected chi connectivity index (χ3v) is 13.1. The fraction of sp³-hybridized carbons (Fsp3) is 0.964. The Hall–Kier alpha value is -0.810. The van der Waals surface area contributed by atoms with Crippen LogP contribution in [-0.2, 0) is 14.3 Å². The first-order chi connectivity index (χ1) is 17.2. The van der Waals surface area contributed by atoms with E-state index in [9.17, 15) is 35.4 Å². The van der Waals surface area contributed by atoms with Crippen LogP contribution in [0.4, 0.5) is 0 Å². The first-order valence-electron chi connectivity index (χ1n) is 14.0. The largest absolute Gasteiger partial charge is 0.432 e. The number of rotatable bonds is 4. The number of esters is 1. The van der Waals surface area contributed by atoms with Crippen LogP contribution in [0.1, 0.15) is 85.5 Å². The predicted octanol–water partition coefficient (Wildman–Crippen LogP) is 1.25. The third-order valence-electron chi connectivity index (χ3n) is 13.1. The molecule has 2 bridgehead atoms. The average molecular weight is 527 g/mol. The molecule has 1 aliphatic heterocycles. The van der Waals surface area contributed by atoms with Crippen LogP contribution in [0.5, 0.6) is 0 Å². The van der Waals surface area contributed by atoms with Gasteiger partial charge in [0, 0.05) is 0 Å². The van der Waals surface area contributed by atoms with Gasteiger partial charge in [-0.2, -0.15) is 0 Å². The molecule has 0 amide bonds. The average Bonchev–Trinajstić information content (AvgIpc) is 3.12. The van der Waals surface area contributed by atoms with E-state index in [2.05, 4.69) is 20.8 Å². The number of hydrogen-bond donors (Lipinski definition) is 6. The number of aliphatic hydroxyl groups excluding tert-OH is 5. The smallest absolute Gasteiger partial charge is 0.314 e. The highest BCUT2D eigenvalue weighted by Crippen LogP contribution is 2.81. The maximum atomic E-state index is 14.0. The summed E-state index contributed by atoms with van der Waals surface area (Å²) in [5.74, 6) is -0.401. The Labute approximate surface area is 219 Å². The summed E-state index contributed by atoms with van der Waals surface area (Å²) < 4.78 is 11.3. The Morgan fingerprint density at radius 3 is 2.24 bits per heavy atom. The standard InChI is InChI=1S/C28H46O9/c1-23(22(34)37-21-20(33)19(32)18(31)17(13-29)36-21)7-5-8-25(3)24(23,2)10-11-27-12-16(6-9-26(25,27)4)28(35,14-27)15-30/h16-21,29-33,35H,5-15H2,1-4H3/t16-,17-,18-,19+,20-,21+,23+,24-,25-,26+,27+,28+/m1/s1. The molecule has 5 aliphatic rings. The summed E-state index contributed by atoms with van der Waals surface area (Å²) in [7, 11) is 0. The van der Waals surface area contributed by atoms with Crippen LogP contribution in [0.15, 0.2) is 0 Å². The summed E-state index contributed by atoms with van der Waals surface area (Å²) >= 11 is 0. The molecule has 6 N–H and O–H groups in total. The minimum absolute atomic E-state index is 0.0961. The number of aliphatic hydroxyl groups is 6. The lowest BCUT2D eigenvalue weighted by molar-refractivity contribution is -0.304. The molecule has 4 saturated carbocycles. The van der Waals surface area contributed by atoms with Crippen LogP contribution in [-0.4, -0.2) is 86.1 Å². The first-order valence-corrected chi connectivity index (χ1v) is 14.0. The fourth-order valence-electron chi connectivity index (χ4n) is 10.1. The van der Waals surface area contributed by atoms with E-state index in [1.807, 2.05) is 6.92 Å². The Balaban J connectivity index is 1.47. The highest BCUT2D eigenvalue weighted by molar-refractivity contribution is 5.78. The van der Waals surface area contributed by atoms with Gasteiger partial charge in [0.1, 0.15) is 24.4 Å². The molecule has 0 aromatic carbocycles. The van der Waals surface area contributed by atoms with Crippen LogP contribution in [0.25, 0.3) is 0 Å². The molecule has 5 rings (SSSR count). The number of fused-ring (bicyclic) bond motifs is 3. The summed E-state index contributed by atoms with van der Waals surface area (Å²) in [6.45, 7) is 7.99. The Morgan fingerprint density at radius 1 is 0.892 bits per heavy atom. The van der Waals surface area contributed by atoms with Crippen molar-refractivity contribution in [1.29, 1.82) is 0 Å². The summed E-state index contributed by atoms with van der Waals surface area (Å²) in [6.07, 6.45) is -0.102. The number of ether oxygens (including phenoxy) is 2. The van der Waals surface area contributed by atoms with Crippen LogP contribution in [0, 0.1) is 33.0 Å². The van der Waals surface area contributed by atoms with E-state index in [1.165, 1.54) is 0 Å². The van der Waals surface area contributed by atoms with Crippen molar-refractivity contribution < 1.29 is 44.9 Å². The highest BCUT2D eigenvalue weighted by Gasteiger charge is 2.77. The Kier molecular flexibility index (Phi) is 6.44. The zero-order valence-electron chi connectivity index (χ0n) is 22.7. The second-order valence-electron chi connectivity index (χ2n) is 13.9.